The summed E-state index contributed by atoms with van der Waals surface area (Å²) in [5.41, 5.74) is -0.794. The lowest BCUT2D eigenvalue weighted by atomic mass is 10.1. The number of fused-ring (bicyclic) bond motifs is 1. The molecule has 0 unspecified atom stereocenters. The van der Waals surface area contributed by atoms with Crippen LogP contribution < -0.4 is 10.9 Å². The molecule has 0 atom stereocenters. The van der Waals surface area contributed by atoms with E-state index in [1.54, 1.807) is 31.2 Å². The molecule has 0 saturated carbocycles. The van der Waals surface area contributed by atoms with Crippen LogP contribution in [0.25, 0.3) is 10.8 Å². The largest absolute Gasteiger partial charge is 0.328 e. The predicted octanol–water partition coefficient (Wildman–Crippen LogP) is 4.36. The molecule has 7 nitrogen and oxygen atoms in total. The minimum Gasteiger partial charge on any atom is -0.328 e. The number of rotatable bonds is 10. The Morgan fingerprint density at radius 1 is 0.971 bits per heavy atom. The third kappa shape index (κ3) is 5.65. The van der Waals surface area contributed by atoms with Crippen molar-refractivity contribution in [3.8, 4) is 0 Å². The standard InChI is InChI=1S/C25H28F2N4O3/c1-3-5-6-9-15-31-24(33)18-12-8-7-11-17(18)22(29-31)25(34)30(4-2)16-21(32)28-23-19(26)13-10-14-20(23)27/h7-8,10-14H,3-6,9,15-16H2,1-2H3,(H,28,32). The number of halogens is 2. The van der Waals surface area contributed by atoms with Crippen LogP contribution in [-0.4, -0.2) is 39.6 Å². The highest BCUT2D eigenvalue weighted by Crippen LogP contribution is 2.19. The van der Waals surface area contributed by atoms with Gasteiger partial charge in [0.2, 0.25) is 5.91 Å². The van der Waals surface area contributed by atoms with Gasteiger partial charge in [-0.25, -0.2) is 13.5 Å². The highest BCUT2D eigenvalue weighted by atomic mass is 19.1. The number of aryl methyl sites for hydroxylation is 1. The molecule has 3 rings (SSSR count). The number of aromatic nitrogens is 2. The summed E-state index contributed by atoms with van der Waals surface area (Å²) < 4.78 is 29.1. The maximum absolute atomic E-state index is 13.9. The minimum atomic E-state index is -0.912. The van der Waals surface area contributed by atoms with Crippen molar-refractivity contribution in [3.05, 3.63) is 70.1 Å². The third-order valence-electron chi connectivity index (χ3n) is 5.52. The van der Waals surface area contributed by atoms with Crippen LogP contribution in [0.3, 0.4) is 0 Å². The molecule has 0 aliphatic rings. The SMILES string of the molecule is CCCCCCn1nc(C(=O)N(CC)CC(=O)Nc2c(F)cccc2F)c2ccccc2c1=O. The lowest BCUT2D eigenvalue weighted by Crippen LogP contribution is -2.39. The average molecular weight is 471 g/mol. The number of benzene rings is 2. The van der Waals surface area contributed by atoms with Crippen LogP contribution in [-0.2, 0) is 11.3 Å². The van der Waals surface area contributed by atoms with Crippen molar-refractivity contribution in [1.82, 2.24) is 14.7 Å². The summed E-state index contributed by atoms with van der Waals surface area (Å²) in [5.74, 6) is -3.13. The zero-order chi connectivity index (χ0) is 24.7. The normalized spacial score (nSPS) is 10.9. The molecule has 0 aliphatic heterocycles. The number of anilines is 1. The fourth-order valence-corrected chi connectivity index (χ4v) is 3.68. The molecule has 0 fully saturated rings. The number of hydrogen-bond donors (Lipinski definition) is 1. The van der Waals surface area contributed by atoms with Gasteiger partial charge in [-0.1, -0.05) is 50.5 Å². The Hall–Kier alpha value is -3.62. The molecule has 1 heterocycles. The zero-order valence-electron chi connectivity index (χ0n) is 19.3. The van der Waals surface area contributed by atoms with Crippen molar-refractivity contribution in [3.63, 3.8) is 0 Å². The minimum absolute atomic E-state index is 0.0532. The summed E-state index contributed by atoms with van der Waals surface area (Å²) in [4.78, 5) is 40.0. The lowest BCUT2D eigenvalue weighted by Gasteiger charge is -2.21. The van der Waals surface area contributed by atoms with E-state index >= 15 is 0 Å². The first-order chi connectivity index (χ1) is 16.4. The number of carbonyl (C=O) groups is 2. The molecule has 34 heavy (non-hydrogen) atoms. The van der Waals surface area contributed by atoms with E-state index in [0.717, 1.165) is 37.8 Å². The van der Waals surface area contributed by atoms with Gasteiger partial charge in [0.25, 0.3) is 11.5 Å². The highest BCUT2D eigenvalue weighted by Gasteiger charge is 2.24. The van der Waals surface area contributed by atoms with E-state index in [1.807, 2.05) is 0 Å². The summed E-state index contributed by atoms with van der Waals surface area (Å²) in [6.07, 6.45) is 3.78. The summed E-state index contributed by atoms with van der Waals surface area (Å²) >= 11 is 0. The Kier molecular flexibility index (Phi) is 8.45. The number of amides is 2. The van der Waals surface area contributed by atoms with Gasteiger partial charge in [-0.15, -0.1) is 0 Å². The van der Waals surface area contributed by atoms with Crippen LogP contribution in [0.4, 0.5) is 14.5 Å². The van der Waals surface area contributed by atoms with Crippen LogP contribution >= 0.6 is 0 Å². The van der Waals surface area contributed by atoms with Gasteiger partial charge in [-0.3, -0.25) is 14.4 Å². The molecule has 3 aromatic rings. The van der Waals surface area contributed by atoms with E-state index in [0.29, 0.717) is 17.3 Å². The highest BCUT2D eigenvalue weighted by molar-refractivity contribution is 6.06. The van der Waals surface area contributed by atoms with Crippen LogP contribution in [0.2, 0.25) is 0 Å². The first kappa shape index (κ1) is 25.0. The molecule has 9 heteroatoms. The van der Waals surface area contributed by atoms with Gasteiger partial charge in [0.05, 0.1) is 5.39 Å². The fourth-order valence-electron chi connectivity index (χ4n) is 3.68. The Morgan fingerprint density at radius 3 is 2.29 bits per heavy atom. The molecule has 0 bridgehead atoms. The van der Waals surface area contributed by atoms with Gasteiger partial charge in [0.15, 0.2) is 5.69 Å². The third-order valence-corrected chi connectivity index (χ3v) is 5.52. The van der Waals surface area contributed by atoms with Gasteiger partial charge in [0, 0.05) is 18.5 Å². The van der Waals surface area contributed by atoms with Crippen LogP contribution in [0.15, 0.2) is 47.3 Å². The van der Waals surface area contributed by atoms with Gasteiger partial charge in [0.1, 0.15) is 23.9 Å². The van der Waals surface area contributed by atoms with Crippen LogP contribution in [0.5, 0.6) is 0 Å². The molecule has 0 aliphatic carbocycles. The van der Waals surface area contributed by atoms with Crippen LogP contribution in [0.1, 0.15) is 50.0 Å². The van der Waals surface area contributed by atoms with E-state index in [1.165, 1.54) is 15.6 Å². The van der Waals surface area contributed by atoms with E-state index in [4.69, 9.17) is 0 Å². The summed E-state index contributed by atoms with van der Waals surface area (Å²) in [7, 11) is 0. The number of carbonyl (C=O) groups excluding carboxylic acids is 2. The Balaban J connectivity index is 1.88. The zero-order valence-corrected chi connectivity index (χ0v) is 19.3. The second kappa shape index (κ2) is 11.5. The summed E-state index contributed by atoms with van der Waals surface area (Å²) in [6.45, 7) is 3.86. The van der Waals surface area contributed by atoms with Gasteiger partial charge in [-0.05, 0) is 31.5 Å². The van der Waals surface area contributed by atoms with E-state index in [-0.39, 0.29) is 17.8 Å². The van der Waals surface area contributed by atoms with Crippen LogP contribution in [0, 0.1) is 11.6 Å². The van der Waals surface area contributed by atoms with E-state index < -0.39 is 35.7 Å². The van der Waals surface area contributed by atoms with Crippen molar-refractivity contribution in [2.45, 2.75) is 46.1 Å². The summed E-state index contributed by atoms with van der Waals surface area (Å²) in [5, 5.41) is 7.29. The maximum atomic E-state index is 13.9. The van der Waals surface area contributed by atoms with Gasteiger partial charge >= 0.3 is 0 Å². The monoisotopic (exact) mass is 470 g/mol. The van der Waals surface area contributed by atoms with E-state index in [2.05, 4.69) is 17.3 Å². The van der Waals surface area contributed by atoms with Crippen molar-refractivity contribution >= 4 is 28.3 Å². The number of nitrogens with one attached hydrogen (secondary N) is 1. The number of nitrogens with zero attached hydrogens (tertiary/aromatic N) is 3. The first-order valence-corrected chi connectivity index (χ1v) is 11.4. The quantitative estimate of drug-likeness (QED) is 0.447. The van der Waals surface area contributed by atoms with Crippen molar-refractivity contribution in [1.29, 1.82) is 0 Å². The Labute approximate surface area is 196 Å². The first-order valence-electron chi connectivity index (χ1n) is 11.4. The molecular formula is C25H28F2N4O3. The van der Waals surface area contributed by atoms with E-state index in [9.17, 15) is 23.2 Å². The molecule has 1 N–H and O–H groups in total. The molecule has 0 radical (unpaired) electrons. The molecule has 2 aromatic carbocycles. The van der Waals surface area contributed by atoms with Gasteiger partial charge in [-0.2, -0.15) is 5.10 Å². The smallest absolute Gasteiger partial charge is 0.275 e. The number of para-hydroxylation sites is 1. The topological polar surface area (TPSA) is 84.3 Å². The Bertz CT molecular complexity index is 1220. The van der Waals surface area contributed by atoms with Crippen molar-refractivity contribution in [2.75, 3.05) is 18.4 Å². The second-order valence-electron chi connectivity index (χ2n) is 7.95. The fraction of sp³-hybridized carbons (Fsp3) is 0.360. The van der Waals surface area contributed by atoms with Crippen molar-refractivity contribution < 1.29 is 18.4 Å². The maximum Gasteiger partial charge on any atom is 0.275 e. The lowest BCUT2D eigenvalue weighted by molar-refractivity contribution is -0.116. The molecule has 0 saturated heterocycles. The molecule has 180 valence electrons. The van der Waals surface area contributed by atoms with Gasteiger partial charge < -0.3 is 10.2 Å². The molecule has 2 amide bonds. The molecule has 1 aromatic heterocycles. The molecule has 0 spiro atoms. The van der Waals surface area contributed by atoms with Crippen molar-refractivity contribution in [2.24, 2.45) is 0 Å². The summed E-state index contributed by atoms with van der Waals surface area (Å²) in [6, 6.07) is 9.95. The Morgan fingerprint density at radius 2 is 1.65 bits per heavy atom. The molecular weight excluding hydrogens is 442 g/mol. The second-order valence-corrected chi connectivity index (χ2v) is 7.95. The number of likely N-dealkylation sites (N-methyl/N-ethyl adjacent to an activating group) is 1. The predicted molar refractivity (Wildman–Crippen MR) is 127 cm³/mol. The number of hydrogen-bond acceptors (Lipinski definition) is 4. The number of unbranched alkanes of at least 4 members (excludes halogenated alkanes) is 3. The average Bonchev–Trinajstić information content (AvgIpc) is 2.83.